The number of fused-ring (bicyclic) bond motifs is 5. The predicted molar refractivity (Wildman–Crippen MR) is 254 cm³/mol. The van der Waals surface area contributed by atoms with E-state index in [0.29, 0.717) is 51.0 Å². The molecule has 67 heavy (non-hydrogen) atoms. The molecule has 1 unspecified atom stereocenters. The Morgan fingerprint density at radius 2 is 1.55 bits per heavy atom. The van der Waals surface area contributed by atoms with Crippen molar-refractivity contribution >= 4 is 35.6 Å². The Labute approximate surface area is 391 Å². The summed E-state index contributed by atoms with van der Waals surface area (Å²) in [5.74, 6) is -2.14. The van der Waals surface area contributed by atoms with Crippen molar-refractivity contribution in [1.29, 1.82) is 5.26 Å². The van der Waals surface area contributed by atoms with Crippen LogP contribution in [0.25, 0.3) is 28.6 Å². The largest absolute Gasteiger partial charge is 0.492 e. The molecule has 2 heterocycles. The number of aryl methyl sites for hydroxylation is 2. The zero-order valence-corrected chi connectivity index (χ0v) is 38.7. The second-order valence-electron chi connectivity index (χ2n) is 16.1. The smallest absolute Gasteiger partial charge is 0.255 e. The maximum Gasteiger partial charge on any atom is 0.255 e. The molecular weight excluding hydrogens is 855 g/mol. The van der Waals surface area contributed by atoms with Crippen molar-refractivity contribution in [2.24, 2.45) is 17.2 Å². The first-order chi connectivity index (χ1) is 32.2. The number of benzene rings is 3. The van der Waals surface area contributed by atoms with Crippen LogP contribution in [-0.4, -0.2) is 109 Å². The Kier molecular flexibility index (Phi) is 18.5. The van der Waals surface area contributed by atoms with Crippen molar-refractivity contribution in [2.75, 3.05) is 46.4 Å². The van der Waals surface area contributed by atoms with Crippen LogP contribution in [0.3, 0.4) is 0 Å². The molecule has 3 aromatic carbocycles. The molecule has 4 atom stereocenters. The van der Waals surface area contributed by atoms with Gasteiger partial charge in [0.05, 0.1) is 23.0 Å². The van der Waals surface area contributed by atoms with E-state index in [0.717, 1.165) is 24.0 Å². The van der Waals surface area contributed by atoms with Gasteiger partial charge in [0.2, 0.25) is 23.6 Å². The number of nitrogens with one attached hydrogen (secondary N) is 4. The van der Waals surface area contributed by atoms with Gasteiger partial charge in [-0.2, -0.15) is 5.26 Å². The van der Waals surface area contributed by atoms with Crippen LogP contribution in [0.1, 0.15) is 77.6 Å². The van der Waals surface area contributed by atoms with Gasteiger partial charge in [-0.25, -0.2) is 9.97 Å². The molecule has 1 aliphatic rings. The number of nitrogens with zero attached hydrogens (tertiary/aromatic N) is 4. The van der Waals surface area contributed by atoms with Crippen molar-refractivity contribution in [2.45, 2.75) is 77.5 Å². The number of aromatic nitrogens is 2. The van der Waals surface area contributed by atoms with E-state index in [2.05, 4.69) is 50.3 Å². The van der Waals surface area contributed by atoms with Gasteiger partial charge in [-0.3, -0.25) is 24.0 Å². The third-order valence-electron chi connectivity index (χ3n) is 11.0. The lowest BCUT2D eigenvalue weighted by molar-refractivity contribution is -0.141. The molecule has 1 aliphatic heterocycles. The molecule has 0 saturated heterocycles. The van der Waals surface area contributed by atoms with Crippen molar-refractivity contribution in [3.63, 3.8) is 0 Å². The van der Waals surface area contributed by atoms with Gasteiger partial charge in [0.15, 0.2) is 5.82 Å². The molecule has 0 saturated carbocycles. The number of unbranched alkanes of at least 4 members (excludes halogenated alkanes) is 1. The van der Waals surface area contributed by atoms with Gasteiger partial charge in [-0.15, -0.1) is 0 Å². The molecule has 354 valence electrons. The third kappa shape index (κ3) is 13.0. The van der Waals surface area contributed by atoms with Crippen LogP contribution in [0.4, 0.5) is 0 Å². The number of hydrogen-bond donors (Lipinski definition) is 7. The van der Waals surface area contributed by atoms with Crippen LogP contribution in [0.15, 0.2) is 66.7 Å². The minimum Gasteiger partial charge on any atom is -0.492 e. The monoisotopic (exact) mass is 915 g/mol. The zero-order valence-electron chi connectivity index (χ0n) is 38.7. The van der Waals surface area contributed by atoms with E-state index in [9.17, 15) is 29.2 Å². The van der Waals surface area contributed by atoms with E-state index in [-0.39, 0.29) is 57.8 Å². The van der Waals surface area contributed by atoms with Gasteiger partial charge in [0.25, 0.3) is 5.91 Å². The summed E-state index contributed by atoms with van der Waals surface area (Å²) in [6.45, 7) is 7.31. The summed E-state index contributed by atoms with van der Waals surface area (Å²) in [4.78, 5) is 81.1. The Balaban J connectivity index is 1.55. The highest BCUT2D eigenvalue weighted by atomic mass is 16.5. The summed E-state index contributed by atoms with van der Waals surface area (Å²) in [6.07, 6.45) is 6.22. The van der Waals surface area contributed by atoms with E-state index in [1.807, 2.05) is 30.3 Å². The Morgan fingerprint density at radius 1 is 0.910 bits per heavy atom. The normalized spacial score (nSPS) is 16.4. The number of ether oxygens (including phenoxy) is 2. The lowest BCUT2D eigenvalue weighted by atomic mass is 9.93. The van der Waals surface area contributed by atoms with Crippen molar-refractivity contribution < 1.29 is 33.4 Å². The van der Waals surface area contributed by atoms with Crippen molar-refractivity contribution in [1.82, 2.24) is 36.1 Å². The van der Waals surface area contributed by atoms with Crippen LogP contribution in [0, 0.1) is 25.2 Å². The average molecular weight is 916 g/mol. The van der Waals surface area contributed by atoms with E-state index in [4.69, 9.17) is 26.7 Å². The maximum atomic E-state index is 14.7. The number of nitriles is 1. The number of rotatable bonds is 18. The lowest BCUT2D eigenvalue weighted by Crippen LogP contribution is -2.56. The fraction of sp³-hybridized carbons (Fsp3) is 0.388. The first-order valence-electron chi connectivity index (χ1n) is 22.3. The number of hydrogen-bond acceptors (Lipinski definition) is 13. The highest BCUT2D eigenvalue weighted by molar-refractivity contribution is 6.00. The zero-order chi connectivity index (χ0) is 48.6. The SMILES string of the molecule is CCC/C=C/c1ccc(-c2nc(C)c(C(=O)NC(CCN)C(=O)N(C)[C@@H]3C(=O)N[C@@H](C)C(=O)N[C@H](C(=O)NCC#N)Cc4ccc(OCCN)c(c4)-c4cc3ccc4OCCN)c(C)n2)cc1. The summed E-state index contributed by atoms with van der Waals surface area (Å²) in [6, 6.07) is 14.8. The van der Waals surface area contributed by atoms with E-state index in [1.165, 1.54) is 18.9 Å². The molecule has 5 rings (SSSR count). The number of allylic oxidation sites excluding steroid dienone is 1. The standard InChI is InChI=1S/C49H61N11O7/c1-6-7-8-9-32-10-13-34(14-11-32)44-55-29(2)42(30(3)56-44)47(63)58-38(18-19-50)49(65)60(5)43-35-15-17-41(67-25-22-53)37(28-35)36-26-33(12-16-40(36)66-24-21-52)27-39(46(62)54-23-20-51)59-45(61)31(4)57-48(43)64/h8-17,26,28,31,38-39,43H,6-7,18-19,21-25,27,50,52-53H2,1-5H3,(H,54,62)(H,57,64)(H,58,63)(H,59,61)/b9-8+/t31-,38?,39-,43-/m0/s1. The molecule has 0 aliphatic carbocycles. The number of likely N-dealkylation sites (N-methyl/N-ethyl adjacent to an activating group) is 1. The van der Waals surface area contributed by atoms with E-state index >= 15 is 0 Å². The fourth-order valence-corrected chi connectivity index (χ4v) is 7.66. The van der Waals surface area contributed by atoms with Gasteiger partial charge >= 0.3 is 0 Å². The maximum absolute atomic E-state index is 14.7. The topological polar surface area (TPSA) is 283 Å². The van der Waals surface area contributed by atoms with Crippen LogP contribution >= 0.6 is 0 Å². The molecule has 0 radical (unpaired) electrons. The summed E-state index contributed by atoms with van der Waals surface area (Å²) in [5, 5.41) is 19.9. The minimum atomic E-state index is -1.41. The first kappa shape index (κ1) is 50.8. The van der Waals surface area contributed by atoms with Gasteiger partial charge in [0, 0.05) is 43.2 Å². The molecule has 0 fully saturated rings. The number of amides is 5. The minimum absolute atomic E-state index is 0.000841. The van der Waals surface area contributed by atoms with Crippen molar-refractivity contribution in [3.8, 4) is 40.1 Å². The van der Waals surface area contributed by atoms with Crippen molar-refractivity contribution in [3.05, 3.63) is 100 Å². The van der Waals surface area contributed by atoms with E-state index < -0.39 is 53.7 Å². The molecule has 10 N–H and O–H groups in total. The van der Waals surface area contributed by atoms with Gasteiger partial charge < -0.3 is 52.8 Å². The second kappa shape index (κ2) is 24.4. The molecular formula is C49H61N11O7. The van der Waals surface area contributed by atoms with Crippen LogP contribution in [-0.2, 0) is 25.6 Å². The Morgan fingerprint density at radius 3 is 2.16 bits per heavy atom. The summed E-state index contributed by atoms with van der Waals surface area (Å²) in [7, 11) is 1.42. The molecule has 18 heteroatoms. The average Bonchev–Trinajstić information content (AvgIpc) is 3.31. The summed E-state index contributed by atoms with van der Waals surface area (Å²) >= 11 is 0. The first-order valence-corrected chi connectivity index (χ1v) is 22.3. The molecule has 5 amide bonds. The second-order valence-corrected chi connectivity index (χ2v) is 16.1. The third-order valence-corrected chi connectivity index (χ3v) is 11.0. The quantitative estimate of drug-likeness (QED) is 0.0708. The highest BCUT2D eigenvalue weighted by Crippen LogP contribution is 2.40. The lowest BCUT2D eigenvalue weighted by Gasteiger charge is -2.32. The van der Waals surface area contributed by atoms with E-state index in [1.54, 1.807) is 50.2 Å². The molecule has 4 aromatic rings. The van der Waals surface area contributed by atoms with Gasteiger partial charge in [-0.1, -0.05) is 61.9 Å². The van der Waals surface area contributed by atoms with Gasteiger partial charge in [0.1, 0.15) is 55.4 Å². The van der Waals surface area contributed by atoms with Crippen LogP contribution < -0.4 is 47.9 Å². The fourth-order valence-electron chi connectivity index (χ4n) is 7.66. The molecule has 18 nitrogen and oxygen atoms in total. The predicted octanol–water partition coefficient (Wildman–Crippen LogP) is 2.75. The number of nitrogens with two attached hydrogens (primary N) is 3. The highest BCUT2D eigenvalue weighted by Gasteiger charge is 2.36. The summed E-state index contributed by atoms with van der Waals surface area (Å²) in [5.41, 5.74) is 22.4. The number of carbonyl (C=O) groups excluding carboxylic acids is 5. The van der Waals surface area contributed by atoms with Gasteiger partial charge in [-0.05, 0) is 81.1 Å². The van der Waals surface area contributed by atoms with Crippen LogP contribution in [0.2, 0.25) is 0 Å². The Hall–Kier alpha value is -7.20. The summed E-state index contributed by atoms with van der Waals surface area (Å²) < 4.78 is 12.2. The van der Waals surface area contributed by atoms with Crippen LogP contribution in [0.5, 0.6) is 11.5 Å². The molecule has 1 aromatic heterocycles. The molecule has 0 spiro atoms. The number of carbonyl (C=O) groups is 5. The molecule has 4 bridgehead atoms. The Bertz CT molecular complexity index is 2460.